The minimum atomic E-state index is 0.894. The minimum absolute atomic E-state index is 0.894. The molecular formula is C16H19N5. The molecule has 0 N–H and O–H groups in total. The minimum Gasteiger partial charge on any atom is -0.337 e. The average Bonchev–Trinajstić information content (AvgIpc) is 3.17. The molecule has 0 atom stereocenters. The van der Waals surface area contributed by atoms with Crippen LogP contribution >= 0.6 is 0 Å². The van der Waals surface area contributed by atoms with E-state index in [4.69, 9.17) is 0 Å². The molecule has 0 amide bonds. The van der Waals surface area contributed by atoms with Gasteiger partial charge in [-0.1, -0.05) is 37.3 Å². The van der Waals surface area contributed by atoms with Crippen LogP contribution in [0.2, 0.25) is 0 Å². The highest BCUT2D eigenvalue weighted by Crippen LogP contribution is 2.18. The number of rotatable bonds is 6. The van der Waals surface area contributed by atoms with Crippen molar-refractivity contribution in [3.8, 4) is 11.4 Å². The van der Waals surface area contributed by atoms with Gasteiger partial charge in [0.2, 0.25) is 0 Å². The average molecular weight is 281 g/mol. The maximum absolute atomic E-state index is 4.37. The van der Waals surface area contributed by atoms with Gasteiger partial charge in [-0.3, -0.25) is 0 Å². The predicted octanol–water partition coefficient (Wildman–Crippen LogP) is 2.79. The number of aromatic nitrogens is 5. The lowest BCUT2D eigenvalue weighted by molar-refractivity contribution is 0.552. The van der Waals surface area contributed by atoms with Crippen molar-refractivity contribution in [1.82, 2.24) is 24.3 Å². The van der Waals surface area contributed by atoms with E-state index in [0.717, 1.165) is 43.1 Å². The smallest absolute Gasteiger partial charge is 0.163 e. The molecule has 0 saturated heterocycles. The summed E-state index contributed by atoms with van der Waals surface area (Å²) in [5.41, 5.74) is 1.12. The van der Waals surface area contributed by atoms with E-state index < -0.39 is 0 Å². The largest absolute Gasteiger partial charge is 0.337 e. The van der Waals surface area contributed by atoms with Gasteiger partial charge in [0.25, 0.3) is 0 Å². The molecule has 5 nitrogen and oxygen atoms in total. The van der Waals surface area contributed by atoms with Crippen molar-refractivity contribution < 1.29 is 0 Å². The molecular weight excluding hydrogens is 262 g/mol. The third-order valence-electron chi connectivity index (χ3n) is 3.53. The zero-order valence-electron chi connectivity index (χ0n) is 12.2. The van der Waals surface area contributed by atoms with Crippen LogP contribution in [0, 0.1) is 0 Å². The van der Waals surface area contributed by atoms with Gasteiger partial charge in [-0.05, 0) is 6.42 Å². The highest BCUT2D eigenvalue weighted by Gasteiger charge is 2.11. The van der Waals surface area contributed by atoms with E-state index >= 15 is 0 Å². The fourth-order valence-corrected chi connectivity index (χ4v) is 2.46. The van der Waals surface area contributed by atoms with Crippen molar-refractivity contribution in [3.63, 3.8) is 0 Å². The normalized spacial score (nSPS) is 10.9. The molecule has 0 aliphatic carbocycles. The van der Waals surface area contributed by atoms with Crippen LogP contribution in [0.5, 0.6) is 0 Å². The van der Waals surface area contributed by atoms with E-state index in [-0.39, 0.29) is 0 Å². The van der Waals surface area contributed by atoms with Gasteiger partial charge in [-0.15, -0.1) is 10.2 Å². The van der Waals surface area contributed by atoms with Gasteiger partial charge in [0.05, 0.1) is 6.33 Å². The molecule has 0 aliphatic heterocycles. The molecule has 5 heteroatoms. The maximum atomic E-state index is 4.37. The van der Waals surface area contributed by atoms with Crippen molar-refractivity contribution in [2.24, 2.45) is 0 Å². The fourth-order valence-electron chi connectivity index (χ4n) is 2.46. The Balaban J connectivity index is 1.78. The summed E-state index contributed by atoms with van der Waals surface area (Å²) < 4.78 is 4.32. The van der Waals surface area contributed by atoms with Crippen LogP contribution in [0.1, 0.15) is 19.2 Å². The summed E-state index contributed by atoms with van der Waals surface area (Å²) in [5, 5.41) is 8.69. The molecule has 0 aliphatic rings. The third kappa shape index (κ3) is 3.02. The van der Waals surface area contributed by atoms with E-state index in [1.807, 2.05) is 36.9 Å². The number of imidazole rings is 1. The van der Waals surface area contributed by atoms with Crippen molar-refractivity contribution in [2.75, 3.05) is 0 Å². The Morgan fingerprint density at radius 3 is 2.62 bits per heavy atom. The standard InChI is InChI=1S/C16H19N5/c1-2-15-18-19-16(14-7-4-3-5-8-14)21(15)11-6-10-20-12-9-17-13-20/h3-5,7-9,12-13H,2,6,10-11H2,1H3. The van der Waals surface area contributed by atoms with Crippen molar-refractivity contribution in [1.29, 1.82) is 0 Å². The van der Waals surface area contributed by atoms with Gasteiger partial charge in [-0.2, -0.15) is 0 Å². The van der Waals surface area contributed by atoms with Crippen LogP contribution in [0.4, 0.5) is 0 Å². The SMILES string of the molecule is CCc1nnc(-c2ccccc2)n1CCCn1ccnc1. The molecule has 3 aromatic rings. The van der Waals surface area contributed by atoms with Crippen LogP contribution < -0.4 is 0 Å². The molecule has 0 fully saturated rings. The molecule has 0 unspecified atom stereocenters. The first-order valence-corrected chi connectivity index (χ1v) is 7.31. The second kappa shape index (κ2) is 6.35. The first kappa shape index (κ1) is 13.5. The van der Waals surface area contributed by atoms with E-state index in [1.54, 1.807) is 0 Å². The lowest BCUT2D eigenvalue weighted by Gasteiger charge is -2.10. The molecule has 1 aromatic carbocycles. The molecule has 0 spiro atoms. The number of aryl methyl sites for hydroxylation is 2. The van der Waals surface area contributed by atoms with Gasteiger partial charge < -0.3 is 9.13 Å². The quantitative estimate of drug-likeness (QED) is 0.698. The Hall–Kier alpha value is -2.43. The summed E-state index contributed by atoms with van der Waals surface area (Å²) >= 11 is 0. The summed E-state index contributed by atoms with van der Waals surface area (Å²) in [5.74, 6) is 2.00. The van der Waals surface area contributed by atoms with Crippen LogP contribution in [0.3, 0.4) is 0 Å². The van der Waals surface area contributed by atoms with Crippen molar-refractivity contribution >= 4 is 0 Å². The summed E-state index contributed by atoms with van der Waals surface area (Å²) in [4.78, 5) is 4.07. The predicted molar refractivity (Wildman–Crippen MR) is 81.7 cm³/mol. The zero-order valence-corrected chi connectivity index (χ0v) is 12.2. The van der Waals surface area contributed by atoms with Crippen molar-refractivity contribution in [2.45, 2.75) is 32.9 Å². The van der Waals surface area contributed by atoms with Gasteiger partial charge in [0.1, 0.15) is 5.82 Å². The monoisotopic (exact) mass is 281 g/mol. The highest BCUT2D eigenvalue weighted by molar-refractivity contribution is 5.54. The molecule has 0 saturated carbocycles. The van der Waals surface area contributed by atoms with Gasteiger partial charge >= 0.3 is 0 Å². The molecule has 3 rings (SSSR count). The van der Waals surface area contributed by atoms with Gasteiger partial charge in [0.15, 0.2) is 5.82 Å². The molecule has 108 valence electrons. The summed E-state index contributed by atoms with van der Waals surface area (Å²) in [6, 6.07) is 10.2. The number of nitrogens with zero attached hydrogens (tertiary/aromatic N) is 5. The Morgan fingerprint density at radius 2 is 1.90 bits per heavy atom. The number of hydrogen-bond donors (Lipinski definition) is 0. The van der Waals surface area contributed by atoms with Gasteiger partial charge in [-0.25, -0.2) is 4.98 Å². The molecule has 0 bridgehead atoms. The summed E-state index contributed by atoms with van der Waals surface area (Å²) in [7, 11) is 0. The Kier molecular flexibility index (Phi) is 4.09. The topological polar surface area (TPSA) is 48.5 Å². The third-order valence-corrected chi connectivity index (χ3v) is 3.53. The Morgan fingerprint density at radius 1 is 1.05 bits per heavy atom. The van der Waals surface area contributed by atoms with E-state index in [1.165, 1.54) is 0 Å². The van der Waals surface area contributed by atoms with Crippen LogP contribution in [-0.2, 0) is 19.5 Å². The molecule has 2 aromatic heterocycles. The first-order chi connectivity index (χ1) is 10.4. The lowest BCUT2D eigenvalue weighted by atomic mass is 10.2. The Labute approximate surface area is 124 Å². The molecule has 2 heterocycles. The molecule has 0 radical (unpaired) electrons. The van der Waals surface area contributed by atoms with Crippen LogP contribution in [-0.4, -0.2) is 24.3 Å². The van der Waals surface area contributed by atoms with Crippen LogP contribution in [0.15, 0.2) is 49.1 Å². The Bertz CT molecular complexity index is 670. The van der Waals surface area contributed by atoms with Crippen LogP contribution in [0.25, 0.3) is 11.4 Å². The van der Waals surface area contributed by atoms with E-state index in [0.29, 0.717) is 0 Å². The van der Waals surface area contributed by atoms with Gasteiger partial charge in [0, 0.05) is 37.5 Å². The summed E-state index contributed by atoms with van der Waals surface area (Å²) in [6.07, 6.45) is 7.58. The van der Waals surface area contributed by atoms with Crippen molar-refractivity contribution in [3.05, 3.63) is 54.9 Å². The second-order valence-corrected chi connectivity index (χ2v) is 4.97. The molecule has 21 heavy (non-hydrogen) atoms. The highest BCUT2D eigenvalue weighted by atomic mass is 15.3. The van der Waals surface area contributed by atoms with E-state index in [9.17, 15) is 0 Å². The zero-order chi connectivity index (χ0) is 14.5. The first-order valence-electron chi connectivity index (χ1n) is 7.31. The summed E-state index contributed by atoms with van der Waals surface area (Å²) in [6.45, 7) is 3.99. The number of hydrogen-bond acceptors (Lipinski definition) is 3. The lowest BCUT2D eigenvalue weighted by Crippen LogP contribution is -2.08. The fraction of sp³-hybridized carbons (Fsp3) is 0.312. The van der Waals surface area contributed by atoms with E-state index in [2.05, 4.69) is 43.4 Å². The second-order valence-electron chi connectivity index (χ2n) is 4.97. The maximum Gasteiger partial charge on any atom is 0.163 e. The number of benzene rings is 1.